The van der Waals surface area contributed by atoms with Gasteiger partial charge in [-0.2, -0.15) is 0 Å². The van der Waals surface area contributed by atoms with Gasteiger partial charge < -0.3 is 9.67 Å². The number of carboxylic acid groups (broad SMARTS) is 1. The van der Waals surface area contributed by atoms with Crippen LogP contribution in [-0.4, -0.2) is 15.6 Å². The summed E-state index contributed by atoms with van der Waals surface area (Å²) in [5.74, 6) is -0.756. The minimum Gasteiger partial charge on any atom is -0.481 e. The lowest BCUT2D eigenvalue weighted by Gasteiger charge is -2.06. The molecular weight excluding hydrogens is 202 g/mol. The van der Waals surface area contributed by atoms with Gasteiger partial charge in [0.15, 0.2) is 0 Å². The van der Waals surface area contributed by atoms with Gasteiger partial charge >= 0.3 is 5.97 Å². The van der Waals surface area contributed by atoms with Gasteiger partial charge in [-0.05, 0) is 36.9 Å². The van der Waals surface area contributed by atoms with Gasteiger partial charge in [0.25, 0.3) is 0 Å². The molecule has 0 amide bonds. The fraction of sp³-hybridized carbons (Fsp3) is 0.308. The maximum Gasteiger partial charge on any atom is 0.305 e. The summed E-state index contributed by atoms with van der Waals surface area (Å²) in [7, 11) is 0. The number of carboxylic acids is 1. The summed E-state index contributed by atoms with van der Waals surface area (Å²) in [6.45, 7) is 4.59. The molecule has 0 bridgehead atoms. The zero-order valence-corrected chi connectivity index (χ0v) is 9.53. The molecule has 0 fully saturated rings. The first kappa shape index (κ1) is 10.7. The van der Waals surface area contributed by atoms with E-state index in [4.69, 9.17) is 5.11 Å². The second kappa shape index (κ2) is 4.00. The maximum atomic E-state index is 10.6. The third kappa shape index (κ3) is 1.94. The van der Waals surface area contributed by atoms with E-state index in [1.165, 1.54) is 10.9 Å². The molecular formula is C13H15NO2. The normalized spacial score (nSPS) is 10.9. The molecule has 0 aliphatic carbocycles. The molecule has 0 aliphatic rings. The van der Waals surface area contributed by atoms with Crippen molar-refractivity contribution in [3.63, 3.8) is 0 Å². The summed E-state index contributed by atoms with van der Waals surface area (Å²) in [5.41, 5.74) is 3.43. The second-order valence-corrected chi connectivity index (χ2v) is 4.14. The highest BCUT2D eigenvalue weighted by Crippen LogP contribution is 2.21. The van der Waals surface area contributed by atoms with E-state index in [1.54, 1.807) is 0 Å². The third-order valence-electron chi connectivity index (χ3n) is 2.82. The molecule has 3 heteroatoms. The van der Waals surface area contributed by atoms with E-state index in [0.717, 1.165) is 11.2 Å². The molecule has 1 aromatic heterocycles. The van der Waals surface area contributed by atoms with E-state index in [9.17, 15) is 4.79 Å². The quantitative estimate of drug-likeness (QED) is 0.858. The minimum absolute atomic E-state index is 0.165. The van der Waals surface area contributed by atoms with E-state index in [0.29, 0.717) is 6.54 Å². The van der Waals surface area contributed by atoms with E-state index in [2.05, 4.69) is 28.8 Å². The zero-order valence-electron chi connectivity index (χ0n) is 9.53. The lowest BCUT2D eigenvalue weighted by Crippen LogP contribution is -2.05. The Bertz CT molecular complexity index is 540. The van der Waals surface area contributed by atoms with Gasteiger partial charge in [-0.25, -0.2) is 0 Å². The molecule has 0 atom stereocenters. The minimum atomic E-state index is -0.756. The summed E-state index contributed by atoms with van der Waals surface area (Å²) in [5, 5.41) is 9.89. The largest absolute Gasteiger partial charge is 0.481 e. The Balaban J connectivity index is 2.45. The molecule has 0 radical (unpaired) electrons. The Hall–Kier alpha value is -1.77. The summed E-state index contributed by atoms with van der Waals surface area (Å²) in [6.07, 6.45) is 0.165. The van der Waals surface area contributed by atoms with E-state index in [1.807, 2.05) is 13.8 Å². The van der Waals surface area contributed by atoms with Gasteiger partial charge in [-0.3, -0.25) is 4.79 Å². The van der Waals surface area contributed by atoms with E-state index in [-0.39, 0.29) is 6.42 Å². The molecule has 0 unspecified atom stereocenters. The number of hydrogen-bond acceptors (Lipinski definition) is 1. The van der Waals surface area contributed by atoms with Crippen molar-refractivity contribution >= 4 is 16.9 Å². The fourth-order valence-corrected chi connectivity index (χ4v) is 2.01. The van der Waals surface area contributed by atoms with Crippen molar-refractivity contribution in [3.8, 4) is 0 Å². The number of hydrogen-bond donors (Lipinski definition) is 1. The lowest BCUT2D eigenvalue weighted by molar-refractivity contribution is -0.137. The highest BCUT2D eigenvalue weighted by atomic mass is 16.4. The first-order chi connectivity index (χ1) is 7.58. The number of aryl methyl sites for hydroxylation is 3. The van der Waals surface area contributed by atoms with Gasteiger partial charge in [0.05, 0.1) is 6.42 Å². The number of nitrogens with zero attached hydrogens (tertiary/aromatic N) is 1. The Morgan fingerprint density at radius 1 is 1.31 bits per heavy atom. The fourth-order valence-electron chi connectivity index (χ4n) is 2.01. The molecule has 3 nitrogen and oxygen atoms in total. The Labute approximate surface area is 94.3 Å². The number of rotatable bonds is 3. The van der Waals surface area contributed by atoms with Crippen molar-refractivity contribution in [2.75, 3.05) is 0 Å². The van der Waals surface area contributed by atoms with Crippen LogP contribution in [0.5, 0.6) is 0 Å². The average molecular weight is 217 g/mol. The van der Waals surface area contributed by atoms with Crippen molar-refractivity contribution in [1.29, 1.82) is 0 Å². The second-order valence-electron chi connectivity index (χ2n) is 4.14. The van der Waals surface area contributed by atoms with Crippen LogP contribution in [0.25, 0.3) is 10.9 Å². The molecule has 0 saturated carbocycles. The zero-order chi connectivity index (χ0) is 11.7. The Morgan fingerprint density at radius 2 is 2.06 bits per heavy atom. The predicted octanol–water partition coefficient (Wildman–Crippen LogP) is 2.73. The van der Waals surface area contributed by atoms with Crippen molar-refractivity contribution in [2.24, 2.45) is 0 Å². The summed E-state index contributed by atoms with van der Waals surface area (Å²) in [4.78, 5) is 10.6. The molecule has 1 N–H and O–H groups in total. The van der Waals surface area contributed by atoms with Gasteiger partial charge in [0.2, 0.25) is 0 Å². The number of carbonyl (C=O) groups is 1. The van der Waals surface area contributed by atoms with Crippen LogP contribution in [0.2, 0.25) is 0 Å². The van der Waals surface area contributed by atoms with Crippen molar-refractivity contribution < 1.29 is 9.90 Å². The van der Waals surface area contributed by atoms with Gasteiger partial charge in [0.1, 0.15) is 0 Å². The first-order valence-corrected chi connectivity index (χ1v) is 5.36. The molecule has 1 aromatic carbocycles. The molecule has 0 spiro atoms. The molecule has 0 aliphatic heterocycles. The number of aliphatic carboxylic acids is 1. The summed E-state index contributed by atoms with van der Waals surface area (Å²) >= 11 is 0. The maximum absolute atomic E-state index is 10.6. The molecule has 2 aromatic rings. The lowest BCUT2D eigenvalue weighted by atomic mass is 10.2. The number of aromatic nitrogens is 1. The average Bonchev–Trinajstić information content (AvgIpc) is 2.51. The number of benzene rings is 1. The standard InChI is InChI=1S/C13H15NO2/c1-9-3-4-11-8-10(2)14(12(11)7-9)6-5-13(15)16/h3-4,7-8H,5-6H2,1-2H3,(H,15,16). The van der Waals surface area contributed by atoms with Crippen LogP contribution in [0.1, 0.15) is 17.7 Å². The van der Waals surface area contributed by atoms with Crippen LogP contribution >= 0.6 is 0 Å². The van der Waals surface area contributed by atoms with Crippen molar-refractivity contribution in [3.05, 3.63) is 35.5 Å². The highest BCUT2D eigenvalue weighted by Gasteiger charge is 2.07. The molecule has 16 heavy (non-hydrogen) atoms. The molecule has 84 valence electrons. The predicted molar refractivity (Wildman–Crippen MR) is 63.7 cm³/mol. The molecule has 0 saturated heterocycles. The Morgan fingerprint density at radius 3 is 2.75 bits per heavy atom. The van der Waals surface area contributed by atoms with Gasteiger partial charge in [-0.1, -0.05) is 12.1 Å². The molecule has 1 heterocycles. The van der Waals surface area contributed by atoms with Crippen LogP contribution in [0.15, 0.2) is 24.3 Å². The topological polar surface area (TPSA) is 42.2 Å². The number of fused-ring (bicyclic) bond motifs is 1. The monoisotopic (exact) mass is 217 g/mol. The van der Waals surface area contributed by atoms with Crippen LogP contribution in [0, 0.1) is 13.8 Å². The highest BCUT2D eigenvalue weighted by molar-refractivity contribution is 5.82. The van der Waals surface area contributed by atoms with Crippen LogP contribution in [0.3, 0.4) is 0 Å². The van der Waals surface area contributed by atoms with E-state index >= 15 is 0 Å². The van der Waals surface area contributed by atoms with Gasteiger partial charge in [0, 0.05) is 17.8 Å². The SMILES string of the molecule is Cc1ccc2cc(C)n(CCC(=O)O)c2c1. The first-order valence-electron chi connectivity index (χ1n) is 5.36. The van der Waals surface area contributed by atoms with E-state index < -0.39 is 5.97 Å². The van der Waals surface area contributed by atoms with Crippen LogP contribution in [-0.2, 0) is 11.3 Å². The molecule has 2 rings (SSSR count). The van der Waals surface area contributed by atoms with Crippen LogP contribution in [0.4, 0.5) is 0 Å². The summed E-state index contributed by atoms with van der Waals surface area (Å²) in [6, 6.07) is 8.35. The summed E-state index contributed by atoms with van der Waals surface area (Å²) < 4.78 is 2.07. The third-order valence-corrected chi connectivity index (χ3v) is 2.82. The van der Waals surface area contributed by atoms with Crippen molar-refractivity contribution in [1.82, 2.24) is 4.57 Å². The Kier molecular flexibility index (Phi) is 2.69. The van der Waals surface area contributed by atoms with Crippen molar-refractivity contribution in [2.45, 2.75) is 26.8 Å². The smallest absolute Gasteiger partial charge is 0.305 e. The van der Waals surface area contributed by atoms with Gasteiger partial charge in [-0.15, -0.1) is 0 Å². The van der Waals surface area contributed by atoms with Crippen LogP contribution < -0.4 is 0 Å².